The summed E-state index contributed by atoms with van der Waals surface area (Å²) in [5.41, 5.74) is 4.39. The number of benzene rings is 4. The Kier molecular flexibility index (Phi) is 7.69. The summed E-state index contributed by atoms with van der Waals surface area (Å²) in [4.78, 5) is 19.5. The van der Waals surface area contributed by atoms with E-state index in [1.807, 2.05) is 36.4 Å². The normalized spacial score (nSPS) is 22.4. The van der Waals surface area contributed by atoms with Gasteiger partial charge >= 0.3 is 0 Å². The fourth-order valence-corrected chi connectivity index (χ4v) is 6.53. The number of hydrogen-bond acceptors (Lipinski definition) is 3. The fraction of sp³-hybridized carbons (Fsp3) is 0.250. The third-order valence-electron chi connectivity index (χ3n) is 8.32. The van der Waals surface area contributed by atoms with E-state index >= 15 is 0 Å². The quantitative estimate of drug-likeness (QED) is 0.233. The van der Waals surface area contributed by atoms with Gasteiger partial charge in [0.25, 0.3) is 0 Å². The Morgan fingerprint density at radius 2 is 1.13 bits per heavy atom. The van der Waals surface area contributed by atoms with Gasteiger partial charge in [0, 0.05) is 17.8 Å². The summed E-state index contributed by atoms with van der Waals surface area (Å²) in [6.07, 6.45) is 9.89. The molecule has 0 bridgehead atoms. The Morgan fingerprint density at radius 3 is 1.72 bits per heavy atom. The van der Waals surface area contributed by atoms with E-state index in [1.54, 1.807) is 0 Å². The zero-order chi connectivity index (χ0) is 26.4. The van der Waals surface area contributed by atoms with Crippen LogP contribution in [0.1, 0.15) is 71.2 Å². The van der Waals surface area contributed by atoms with Crippen LogP contribution >= 0.6 is 0 Å². The van der Waals surface area contributed by atoms with Gasteiger partial charge in [0.15, 0.2) is 5.78 Å². The van der Waals surface area contributed by atoms with E-state index in [2.05, 4.69) is 107 Å². The van der Waals surface area contributed by atoms with E-state index < -0.39 is 6.17 Å². The molecule has 1 saturated carbocycles. The first-order valence-electron chi connectivity index (χ1n) is 14.3. The predicted octanol–water partition coefficient (Wildman–Crippen LogP) is 8.30. The molecule has 196 valence electrons. The van der Waals surface area contributed by atoms with Gasteiger partial charge < -0.3 is 4.90 Å². The van der Waals surface area contributed by atoms with Crippen molar-refractivity contribution < 1.29 is 4.79 Å². The molecule has 0 radical (unpaired) electrons. The highest BCUT2D eigenvalue weighted by Crippen LogP contribution is 2.50. The molecule has 4 aromatic rings. The van der Waals surface area contributed by atoms with Gasteiger partial charge in [-0.1, -0.05) is 141 Å². The predicted molar refractivity (Wildman–Crippen MR) is 159 cm³/mol. The highest BCUT2D eigenvalue weighted by atomic mass is 16.1. The van der Waals surface area contributed by atoms with Gasteiger partial charge in [-0.2, -0.15) is 0 Å². The van der Waals surface area contributed by atoms with Gasteiger partial charge in [-0.05, 0) is 35.6 Å². The van der Waals surface area contributed by atoms with E-state index in [0.29, 0.717) is 6.04 Å². The minimum atomic E-state index is -0.397. The highest BCUT2D eigenvalue weighted by molar-refractivity contribution is 6.00. The molecule has 3 atom stereocenters. The molecule has 3 nitrogen and oxygen atoms in total. The van der Waals surface area contributed by atoms with E-state index in [0.717, 1.165) is 24.0 Å². The van der Waals surface area contributed by atoms with Crippen LogP contribution in [0.2, 0.25) is 0 Å². The second-order valence-corrected chi connectivity index (χ2v) is 10.7. The summed E-state index contributed by atoms with van der Waals surface area (Å²) in [5, 5.41) is 0. The minimum absolute atomic E-state index is 0.00634. The standard InChI is InChI=1S/C36H36N2O/c39-35(31-22-12-4-13-23-31)36-37(27-26-28-16-6-1-7-17-28)33(29-18-8-2-9-19-29)34(30-20-10-3-11-21-30)38(36)32-24-14-5-15-25-32/h1-4,6-13,16-23,26-27,32-34,36H,5,14-15,24-25H2/b27-26+. The Morgan fingerprint density at radius 1 is 0.615 bits per heavy atom. The van der Waals surface area contributed by atoms with Crippen molar-refractivity contribution in [2.24, 2.45) is 0 Å². The monoisotopic (exact) mass is 512 g/mol. The van der Waals surface area contributed by atoms with Crippen LogP contribution in [-0.4, -0.2) is 27.8 Å². The molecule has 39 heavy (non-hydrogen) atoms. The summed E-state index contributed by atoms with van der Waals surface area (Å²) in [5.74, 6) is 0.165. The number of carbonyl (C=O) groups excluding carboxylic acids is 1. The summed E-state index contributed by atoms with van der Waals surface area (Å²) in [6, 6.07) is 42.2. The van der Waals surface area contributed by atoms with E-state index in [9.17, 15) is 4.79 Å². The van der Waals surface area contributed by atoms with Crippen LogP contribution < -0.4 is 0 Å². The van der Waals surface area contributed by atoms with Crippen molar-refractivity contribution in [3.8, 4) is 0 Å². The summed E-state index contributed by atoms with van der Waals surface area (Å²) < 4.78 is 0. The molecule has 3 unspecified atom stereocenters. The molecular weight excluding hydrogens is 476 g/mol. The molecule has 2 aliphatic rings. The number of rotatable bonds is 7. The molecule has 0 spiro atoms. The number of nitrogens with zero attached hydrogens (tertiary/aromatic N) is 2. The summed E-state index contributed by atoms with van der Waals surface area (Å²) in [7, 11) is 0. The van der Waals surface area contributed by atoms with E-state index in [1.165, 1.54) is 30.4 Å². The van der Waals surface area contributed by atoms with Crippen LogP contribution in [0.5, 0.6) is 0 Å². The van der Waals surface area contributed by atoms with Crippen molar-refractivity contribution >= 4 is 11.9 Å². The molecule has 3 heteroatoms. The largest absolute Gasteiger partial charge is 0.346 e. The van der Waals surface area contributed by atoms with Crippen molar-refractivity contribution in [2.45, 2.75) is 56.4 Å². The van der Waals surface area contributed by atoms with Crippen molar-refractivity contribution in [2.75, 3.05) is 0 Å². The number of hydrogen-bond donors (Lipinski definition) is 0. The first kappa shape index (κ1) is 25.3. The number of Topliss-reactive ketones (excluding diaryl/α,β-unsaturated/α-hetero) is 1. The molecular formula is C36H36N2O. The lowest BCUT2D eigenvalue weighted by Gasteiger charge is -2.39. The highest BCUT2D eigenvalue weighted by Gasteiger charge is 2.52. The van der Waals surface area contributed by atoms with Gasteiger partial charge in [-0.25, -0.2) is 0 Å². The van der Waals surface area contributed by atoms with E-state index in [4.69, 9.17) is 0 Å². The molecule has 0 amide bonds. The first-order chi connectivity index (χ1) is 19.3. The third-order valence-corrected chi connectivity index (χ3v) is 8.32. The molecule has 0 N–H and O–H groups in total. The van der Waals surface area contributed by atoms with Crippen LogP contribution in [0, 0.1) is 0 Å². The second-order valence-electron chi connectivity index (χ2n) is 10.7. The zero-order valence-corrected chi connectivity index (χ0v) is 22.3. The molecule has 2 fully saturated rings. The number of ketones is 1. The molecule has 0 aromatic heterocycles. The molecule has 1 aliphatic heterocycles. The average Bonchev–Trinajstić information content (AvgIpc) is 3.37. The van der Waals surface area contributed by atoms with Gasteiger partial charge in [0.1, 0.15) is 6.17 Å². The SMILES string of the molecule is O=C(c1ccccc1)C1N(/C=C/c2ccccc2)C(c2ccccc2)C(c2ccccc2)N1C1CCCCC1. The maximum Gasteiger partial charge on any atom is 0.200 e. The second kappa shape index (κ2) is 11.8. The van der Waals surface area contributed by atoms with Gasteiger partial charge in [0.2, 0.25) is 0 Å². The van der Waals surface area contributed by atoms with Crippen LogP contribution in [0.25, 0.3) is 6.08 Å². The summed E-state index contributed by atoms with van der Waals surface area (Å²) in [6.45, 7) is 0. The molecule has 1 saturated heterocycles. The Labute approximate surface area is 232 Å². The molecule has 1 aliphatic carbocycles. The van der Waals surface area contributed by atoms with Crippen molar-refractivity contribution in [1.29, 1.82) is 0 Å². The van der Waals surface area contributed by atoms with Crippen molar-refractivity contribution in [3.05, 3.63) is 150 Å². The average molecular weight is 513 g/mol. The molecule has 6 rings (SSSR count). The van der Waals surface area contributed by atoms with Crippen LogP contribution in [0.15, 0.2) is 128 Å². The molecule has 4 aromatic carbocycles. The smallest absolute Gasteiger partial charge is 0.200 e. The first-order valence-corrected chi connectivity index (χ1v) is 14.3. The maximum atomic E-state index is 14.6. The van der Waals surface area contributed by atoms with Gasteiger partial charge in [-0.15, -0.1) is 0 Å². The third kappa shape index (κ3) is 5.32. The fourth-order valence-electron chi connectivity index (χ4n) is 6.53. The Hall–Kier alpha value is -3.95. The Bertz CT molecular complexity index is 1370. The lowest BCUT2D eigenvalue weighted by Crippen LogP contribution is -2.49. The van der Waals surface area contributed by atoms with Crippen molar-refractivity contribution in [1.82, 2.24) is 9.80 Å². The number of carbonyl (C=O) groups is 1. The van der Waals surface area contributed by atoms with Crippen LogP contribution in [0.4, 0.5) is 0 Å². The lowest BCUT2D eigenvalue weighted by atomic mass is 9.88. The van der Waals surface area contributed by atoms with Crippen LogP contribution in [0.3, 0.4) is 0 Å². The van der Waals surface area contributed by atoms with Crippen molar-refractivity contribution in [3.63, 3.8) is 0 Å². The van der Waals surface area contributed by atoms with E-state index in [-0.39, 0.29) is 17.9 Å². The Balaban J connectivity index is 1.55. The van der Waals surface area contributed by atoms with Gasteiger partial charge in [-0.3, -0.25) is 9.69 Å². The maximum absolute atomic E-state index is 14.6. The zero-order valence-electron chi connectivity index (χ0n) is 22.3. The summed E-state index contributed by atoms with van der Waals surface area (Å²) >= 11 is 0. The minimum Gasteiger partial charge on any atom is -0.346 e. The topological polar surface area (TPSA) is 23.6 Å². The molecule has 1 heterocycles. The lowest BCUT2D eigenvalue weighted by molar-refractivity contribution is 0.0516. The van der Waals surface area contributed by atoms with Gasteiger partial charge in [0.05, 0.1) is 12.1 Å². The van der Waals surface area contributed by atoms with Crippen LogP contribution in [-0.2, 0) is 0 Å².